The van der Waals surface area contributed by atoms with E-state index in [-0.39, 0.29) is 11.5 Å². The molecule has 1 aliphatic rings. The molecule has 4 aromatic rings. The van der Waals surface area contributed by atoms with E-state index >= 15 is 0 Å². The zero-order chi connectivity index (χ0) is 26.6. The Morgan fingerprint density at radius 2 is 1.87 bits per heavy atom. The SMILES string of the molecule is COc1cc(C=Nn2c(C3CCCCC3)nc3ccccc3c2=O)c(Br)c(Cl)c1OCc1ccc(C)cc1. The third-order valence-electron chi connectivity index (χ3n) is 6.94. The van der Waals surface area contributed by atoms with Crippen LogP contribution in [0.1, 0.15) is 60.5 Å². The molecule has 0 spiro atoms. The van der Waals surface area contributed by atoms with Crippen LogP contribution in [0, 0.1) is 6.92 Å². The van der Waals surface area contributed by atoms with E-state index in [0.717, 1.165) is 31.2 Å². The van der Waals surface area contributed by atoms with Gasteiger partial charge in [0, 0.05) is 16.0 Å². The maximum Gasteiger partial charge on any atom is 0.282 e. The molecule has 38 heavy (non-hydrogen) atoms. The van der Waals surface area contributed by atoms with E-state index in [1.54, 1.807) is 25.5 Å². The lowest BCUT2D eigenvalue weighted by Gasteiger charge is -2.22. The van der Waals surface area contributed by atoms with E-state index < -0.39 is 0 Å². The van der Waals surface area contributed by atoms with E-state index in [9.17, 15) is 4.79 Å². The molecule has 1 heterocycles. The highest BCUT2D eigenvalue weighted by Crippen LogP contribution is 2.42. The van der Waals surface area contributed by atoms with E-state index in [2.05, 4.69) is 21.0 Å². The van der Waals surface area contributed by atoms with Gasteiger partial charge in [-0.2, -0.15) is 9.78 Å². The van der Waals surface area contributed by atoms with E-state index in [4.69, 9.17) is 26.1 Å². The van der Waals surface area contributed by atoms with Crippen molar-refractivity contribution in [3.63, 3.8) is 0 Å². The highest BCUT2D eigenvalue weighted by atomic mass is 79.9. The Morgan fingerprint density at radius 3 is 2.61 bits per heavy atom. The minimum absolute atomic E-state index is 0.181. The van der Waals surface area contributed by atoms with Gasteiger partial charge in [0.1, 0.15) is 17.5 Å². The van der Waals surface area contributed by atoms with Crippen LogP contribution in [0.4, 0.5) is 0 Å². The molecule has 1 aromatic heterocycles. The van der Waals surface area contributed by atoms with Gasteiger partial charge >= 0.3 is 0 Å². The number of hydrogen-bond donors (Lipinski definition) is 0. The molecule has 1 aliphatic carbocycles. The Labute approximate surface area is 235 Å². The summed E-state index contributed by atoms with van der Waals surface area (Å²) in [5.74, 6) is 1.81. The zero-order valence-corrected chi connectivity index (χ0v) is 23.8. The number of benzene rings is 3. The molecule has 0 saturated heterocycles. The van der Waals surface area contributed by atoms with Gasteiger partial charge in [0.25, 0.3) is 5.56 Å². The summed E-state index contributed by atoms with van der Waals surface area (Å²) < 4.78 is 13.7. The fourth-order valence-corrected chi connectivity index (χ4v) is 5.48. The highest BCUT2D eigenvalue weighted by Gasteiger charge is 2.23. The Kier molecular flexibility index (Phi) is 8.15. The standard InChI is InChI=1S/C30H29BrClN3O3/c1-19-12-14-20(15-13-19)18-38-28-25(37-2)16-22(26(31)27(28)32)17-33-35-29(21-8-4-3-5-9-21)34-24-11-7-6-10-23(24)30(35)36/h6-7,10-17,21H,3-5,8-9,18H2,1-2H3. The summed E-state index contributed by atoms with van der Waals surface area (Å²) in [5.41, 5.74) is 3.38. The summed E-state index contributed by atoms with van der Waals surface area (Å²) in [6.07, 6.45) is 7.07. The van der Waals surface area contributed by atoms with Crippen molar-refractivity contribution in [3.05, 3.63) is 97.0 Å². The first-order valence-corrected chi connectivity index (χ1v) is 13.9. The monoisotopic (exact) mass is 593 g/mol. The van der Waals surface area contributed by atoms with E-state index in [1.807, 2.05) is 49.4 Å². The maximum absolute atomic E-state index is 13.5. The minimum Gasteiger partial charge on any atom is -0.493 e. The average Bonchev–Trinajstić information content (AvgIpc) is 2.95. The molecule has 5 rings (SSSR count). The first-order valence-electron chi connectivity index (χ1n) is 12.8. The second-order valence-electron chi connectivity index (χ2n) is 9.58. The largest absolute Gasteiger partial charge is 0.493 e. The lowest BCUT2D eigenvalue weighted by Crippen LogP contribution is -2.25. The number of ether oxygens (including phenoxy) is 2. The van der Waals surface area contributed by atoms with Gasteiger partial charge in [-0.15, -0.1) is 0 Å². The summed E-state index contributed by atoms with van der Waals surface area (Å²) in [6.45, 7) is 2.39. The summed E-state index contributed by atoms with van der Waals surface area (Å²) in [7, 11) is 1.57. The first-order chi connectivity index (χ1) is 18.5. The smallest absolute Gasteiger partial charge is 0.282 e. The Balaban J connectivity index is 1.51. The highest BCUT2D eigenvalue weighted by molar-refractivity contribution is 9.10. The van der Waals surface area contributed by atoms with Crippen LogP contribution in [-0.2, 0) is 6.61 Å². The van der Waals surface area contributed by atoms with Crippen LogP contribution in [0.5, 0.6) is 11.5 Å². The molecule has 1 saturated carbocycles. The van der Waals surface area contributed by atoms with Gasteiger partial charge in [-0.3, -0.25) is 4.79 Å². The molecule has 0 aliphatic heterocycles. The van der Waals surface area contributed by atoms with Crippen LogP contribution in [0.3, 0.4) is 0 Å². The second-order valence-corrected chi connectivity index (χ2v) is 10.8. The third kappa shape index (κ3) is 5.49. The predicted molar refractivity (Wildman–Crippen MR) is 156 cm³/mol. The van der Waals surface area contributed by atoms with Crippen molar-refractivity contribution in [2.45, 2.75) is 51.6 Å². The molecule has 0 radical (unpaired) electrons. The van der Waals surface area contributed by atoms with Crippen molar-refractivity contribution in [1.29, 1.82) is 0 Å². The fraction of sp³-hybridized carbons (Fsp3) is 0.300. The Morgan fingerprint density at radius 1 is 1.13 bits per heavy atom. The van der Waals surface area contributed by atoms with Gasteiger partial charge in [0.15, 0.2) is 11.5 Å². The molecule has 0 amide bonds. The average molecular weight is 595 g/mol. The lowest BCUT2D eigenvalue weighted by atomic mass is 9.88. The number of rotatable bonds is 7. The second kappa shape index (κ2) is 11.7. The van der Waals surface area contributed by atoms with Gasteiger partial charge in [-0.05, 0) is 59.5 Å². The summed E-state index contributed by atoms with van der Waals surface area (Å²) >= 11 is 10.3. The molecular formula is C30H29BrClN3O3. The van der Waals surface area contributed by atoms with Gasteiger partial charge in [0.05, 0.1) is 24.2 Å². The Bertz CT molecular complexity index is 1540. The van der Waals surface area contributed by atoms with Crippen LogP contribution in [0.25, 0.3) is 10.9 Å². The predicted octanol–water partition coefficient (Wildman–Crippen LogP) is 7.64. The molecule has 8 heteroatoms. The quantitative estimate of drug-likeness (QED) is 0.206. The van der Waals surface area contributed by atoms with Crippen molar-refractivity contribution < 1.29 is 9.47 Å². The molecule has 3 aromatic carbocycles. The molecule has 6 nitrogen and oxygen atoms in total. The number of nitrogens with zero attached hydrogens (tertiary/aromatic N) is 3. The van der Waals surface area contributed by atoms with Crippen molar-refractivity contribution in [2.24, 2.45) is 5.10 Å². The van der Waals surface area contributed by atoms with Gasteiger partial charge in [-0.25, -0.2) is 4.98 Å². The molecule has 0 unspecified atom stereocenters. The number of fused-ring (bicyclic) bond motifs is 1. The molecule has 196 valence electrons. The maximum atomic E-state index is 13.5. The van der Waals surface area contributed by atoms with Crippen LogP contribution in [0.15, 0.2) is 69.0 Å². The van der Waals surface area contributed by atoms with Crippen LogP contribution in [-0.4, -0.2) is 23.0 Å². The molecule has 0 atom stereocenters. The number of aryl methyl sites for hydroxylation is 1. The first kappa shape index (κ1) is 26.4. The minimum atomic E-state index is -0.181. The number of para-hydroxylation sites is 1. The van der Waals surface area contributed by atoms with Crippen molar-refractivity contribution in [2.75, 3.05) is 7.11 Å². The molecule has 0 N–H and O–H groups in total. The molecular weight excluding hydrogens is 566 g/mol. The normalized spacial score (nSPS) is 14.3. The zero-order valence-electron chi connectivity index (χ0n) is 21.4. The number of hydrogen-bond acceptors (Lipinski definition) is 5. The Hall–Kier alpha value is -3.16. The summed E-state index contributed by atoms with van der Waals surface area (Å²) in [5, 5.41) is 5.55. The van der Waals surface area contributed by atoms with Crippen LogP contribution < -0.4 is 15.0 Å². The third-order valence-corrected chi connectivity index (χ3v) is 8.38. The van der Waals surface area contributed by atoms with Crippen molar-refractivity contribution >= 4 is 44.6 Å². The van der Waals surface area contributed by atoms with E-state index in [1.165, 1.54) is 16.7 Å². The van der Waals surface area contributed by atoms with Gasteiger partial charge < -0.3 is 9.47 Å². The molecule has 1 fully saturated rings. The van der Waals surface area contributed by atoms with E-state index in [0.29, 0.717) is 49.9 Å². The number of aromatic nitrogens is 2. The van der Waals surface area contributed by atoms with Crippen molar-refractivity contribution in [1.82, 2.24) is 9.66 Å². The summed E-state index contributed by atoms with van der Waals surface area (Å²) in [4.78, 5) is 18.4. The van der Waals surface area contributed by atoms with Crippen molar-refractivity contribution in [3.8, 4) is 11.5 Å². The lowest BCUT2D eigenvalue weighted by molar-refractivity contribution is 0.284. The van der Waals surface area contributed by atoms with Crippen LogP contribution >= 0.6 is 27.5 Å². The fourth-order valence-electron chi connectivity index (χ4n) is 4.82. The molecule has 0 bridgehead atoms. The van der Waals surface area contributed by atoms with Crippen LogP contribution in [0.2, 0.25) is 5.02 Å². The van der Waals surface area contributed by atoms with Gasteiger partial charge in [0.2, 0.25) is 0 Å². The number of halogens is 2. The summed E-state index contributed by atoms with van der Waals surface area (Å²) in [6, 6.07) is 17.3. The van der Waals surface area contributed by atoms with Gasteiger partial charge in [-0.1, -0.05) is 72.8 Å². The topological polar surface area (TPSA) is 65.7 Å². The number of methoxy groups -OCH3 is 1.